The summed E-state index contributed by atoms with van der Waals surface area (Å²) in [5.74, 6) is 7.30. The minimum atomic E-state index is 0.798. The number of methoxy groups -OCH3 is 2. The summed E-state index contributed by atoms with van der Waals surface area (Å²) in [7, 11) is 3.31. The van der Waals surface area contributed by atoms with Crippen LogP contribution in [-0.2, 0) is 0 Å². The molecule has 0 saturated carbocycles. The van der Waals surface area contributed by atoms with Crippen LogP contribution in [0.1, 0.15) is 11.1 Å². The molecule has 0 bridgehead atoms. The Balaban J connectivity index is 1.73. The lowest BCUT2D eigenvalue weighted by Gasteiger charge is -2.13. The molecule has 0 atom stereocenters. The maximum atomic E-state index is 5.89. The second kappa shape index (κ2) is 9.17. The van der Waals surface area contributed by atoms with Crippen molar-refractivity contribution in [3.63, 3.8) is 0 Å². The van der Waals surface area contributed by atoms with Crippen LogP contribution in [0.3, 0.4) is 0 Å². The predicted molar refractivity (Wildman–Crippen MR) is 132 cm³/mol. The van der Waals surface area contributed by atoms with Gasteiger partial charge < -0.3 is 9.47 Å². The molecule has 0 fully saturated rings. The summed E-state index contributed by atoms with van der Waals surface area (Å²) in [6.45, 7) is 0. The van der Waals surface area contributed by atoms with E-state index in [0.717, 1.165) is 56.0 Å². The van der Waals surface area contributed by atoms with Gasteiger partial charge in [-0.2, -0.15) is 0 Å². The fourth-order valence-corrected chi connectivity index (χ4v) is 3.72. The van der Waals surface area contributed by atoms with Gasteiger partial charge in [0.15, 0.2) is 0 Å². The van der Waals surface area contributed by atoms with Gasteiger partial charge in [-0.1, -0.05) is 60.4 Å². The van der Waals surface area contributed by atoms with E-state index in [2.05, 4.69) is 24.0 Å². The van der Waals surface area contributed by atoms with E-state index in [-0.39, 0.29) is 0 Å². The molecule has 4 aromatic rings. The molecule has 0 unspecified atom stereocenters. The van der Waals surface area contributed by atoms with E-state index in [1.54, 1.807) is 14.2 Å². The van der Waals surface area contributed by atoms with Gasteiger partial charge in [0.05, 0.1) is 14.2 Å². The van der Waals surface area contributed by atoms with Crippen molar-refractivity contribution in [1.29, 1.82) is 0 Å². The third kappa shape index (κ3) is 4.08. The van der Waals surface area contributed by atoms with Crippen LogP contribution in [0.25, 0.3) is 33.4 Å². The van der Waals surface area contributed by atoms with Crippen molar-refractivity contribution in [2.45, 2.75) is 0 Å². The highest BCUT2D eigenvalue weighted by atomic mass is 16.5. The first-order valence-corrected chi connectivity index (χ1v) is 10.2. The third-order valence-electron chi connectivity index (χ3n) is 5.49. The molecule has 154 valence electrons. The summed E-state index contributed by atoms with van der Waals surface area (Å²) in [5.41, 5.74) is 7.71. The largest absolute Gasteiger partial charge is 0.497 e. The van der Waals surface area contributed by atoms with Crippen molar-refractivity contribution in [1.82, 2.24) is 0 Å². The van der Waals surface area contributed by atoms with Gasteiger partial charge in [-0.25, -0.2) is 0 Å². The van der Waals surface area contributed by atoms with Crippen molar-refractivity contribution >= 4 is 0 Å². The number of hydrogen-bond acceptors (Lipinski definition) is 2. The Hall–Kier alpha value is -4.40. The minimum absolute atomic E-state index is 0.798. The fraction of sp³-hybridized carbons (Fsp3) is 0.0667. The molecule has 0 amide bonds. The highest BCUT2D eigenvalue weighted by Gasteiger charge is 2.11. The Labute approximate surface area is 189 Å². The second-order valence-electron chi connectivity index (χ2n) is 7.27. The summed E-state index contributed by atoms with van der Waals surface area (Å²) < 4.78 is 10.5. The maximum absolute atomic E-state index is 5.89. The third-order valence-corrected chi connectivity index (χ3v) is 5.49. The average molecular weight is 415 g/mol. The van der Waals surface area contributed by atoms with Crippen LogP contribution < -0.4 is 9.47 Å². The molecule has 0 radical (unpaired) electrons. The van der Waals surface area contributed by atoms with Gasteiger partial charge in [0.25, 0.3) is 0 Å². The lowest BCUT2D eigenvalue weighted by Crippen LogP contribution is -1.91. The first-order chi connectivity index (χ1) is 15.7. The molecule has 2 heteroatoms. The maximum Gasteiger partial charge on any atom is 0.118 e. The minimum Gasteiger partial charge on any atom is -0.497 e. The summed E-state index contributed by atoms with van der Waals surface area (Å²) in [6.07, 6.45) is 11.8. The van der Waals surface area contributed by atoms with E-state index < -0.39 is 0 Å². The van der Waals surface area contributed by atoms with Crippen LogP contribution in [0.15, 0.2) is 84.9 Å². The number of rotatable bonds is 5. The van der Waals surface area contributed by atoms with Crippen LogP contribution in [0.5, 0.6) is 11.5 Å². The summed E-state index contributed by atoms with van der Waals surface area (Å²) in [5, 5.41) is 0. The lowest BCUT2D eigenvalue weighted by molar-refractivity contribution is 0.415. The standard InChI is InChI=1S/C30H22O2/c1-5-21-19-25(23-7-13-27(31-3)14-8-23)11-17-29(21)30-18-12-26(20-22(30)6-2)24-9-15-28(32-4)16-10-24/h1-2,7-20H,3-4H3. The van der Waals surface area contributed by atoms with Gasteiger partial charge in [-0.05, 0) is 69.8 Å². The monoisotopic (exact) mass is 414 g/mol. The zero-order chi connectivity index (χ0) is 22.5. The molecular weight excluding hydrogens is 392 g/mol. The Bertz CT molecular complexity index is 1220. The van der Waals surface area contributed by atoms with Gasteiger partial charge in [0, 0.05) is 11.1 Å². The Morgan fingerprint density at radius 3 is 1.16 bits per heavy atom. The van der Waals surface area contributed by atoms with Gasteiger partial charge in [0.1, 0.15) is 11.5 Å². The quantitative estimate of drug-likeness (QED) is 0.340. The Morgan fingerprint density at radius 2 is 0.844 bits per heavy atom. The zero-order valence-electron chi connectivity index (χ0n) is 18.1. The van der Waals surface area contributed by atoms with E-state index >= 15 is 0 Å². The van der Waals surface area contributed by atoms with Crippen LogP contribution >= 0.6 is 0 Å². The molecule has 0 aromatic heterocycles. The molecule has 0 heterocycles. The van der Waals surface area contributed by atoms with Crippen molar-refractivity contribution in [3.8, 4) is 69.6 Å². The SMILES string of the molecule is C#Cc1cc(-c2ccc(OC)cc2)ccc1-c1ccc(-c2ccc(OC)cc2)cc1C#C. The van der Waals surface area contributed by atoms with Crippen molar-refractivity contribution < 1.29 is 9.47 Å². The first kappa shape index (κ1) is 20.9. The predicted octanol–water partition coefficient (Wildman–Crippen LogP) is 6.67. The van der Waals surface area contributed by atoms with E-state index in [1.165, 1.54) is 0 Å². The van der Waals surface area contributed by atoms with Gasteiger partial charge in [-0.15, -0.1) is 12.8 Å². The van der Waals surface area contributed by atoms with E-state index in [0.29, 0.717) is 0 Å². The molecule has 32 heavy (non-hydrogen) atoms. The van der Waals surface area contributed by atoms with E-state index in [4.69, 9.17) is 22.3 Å². The molecule has 0 N–H and O–H groups in total. The van der Waals surface area contributed by atoms with Crippen molar-refractivity contribution in [2.75, 3.05) is 14.2 Å². The molecule has 0 aliphatic carbocycles. The van der Waals surface area contributed by atoms with Crippen LogP contribution in [0.4, 0.5) is 0 Å². The highest BCUT2D eigenvalue weighted by molar-refractivity contribution is 5.82. The summed E-state index contributed by atoms with van der Waals surface area (Å²) >= 11 is 0. The van der Waals surface area contributed by atoms with E-state index in [1.807, 2.05) is 72.8 Å². The average Bonchev–Trinajstić information content (AvgIpc) is 2.88. The smallest absolute Gasteiger partial charge is 0.118 e. The normalized spacial score (nSPS) is 10.1. The molecule has 0 saturated heterocycles. The second-order valence-corrected chi connectivity index (χ2v) is 7.27. The Kier molecular flexibility index (Phi) is 5.98. The molecule has 0 spiro atoms. The number of benzene rings is 4. The van der Waals surface area contributed by atoms with Gasteiger partial charge >= 0.3 is 0 Å². The Morgan fingerprint density at radius 1 is 0.500 bits per heavy atom. The number of hydrogen-bond donors (Lipinski definition) is 0. The van der Waals surface area contributed by atoms with Crippen LogP contribution in [0, 0.1) is 24.7 Å². The topological polar surface area (TPSA) is 18.5 Å². The molecular formula is C30H22O2. The molecule has 0 aliphatic rings. The number of ether oxygens (including phenoxy) is 2. The number of terminal acetylenes is 2. The van der Waals surface area contributed by atoms with Gasteiger partial charge in [-0.3, -0.25) is 0 Å². The highest BCUT2D eigenvalue weighted by Crippen LogP contribution is 2.33. The molecule has 4 aromatic carbocycles. The zero-order valence-corrected chi connectivity index (χ0v) is 18.1. The van der Waals surface area contributed by atoms with Crippen molar-refractivity contribution in [3.05, 3.63) is 96.1 Å². The van der Waals surface area contributed by atoms with Crippen LogP contribution in [0.2, 0.25) is 0 Å². The molecule has 4 rings (SSSR count). The fourth-order valence-electron chi connectivity index (χ4n) is 3.72. The molecule has 0 aliphatic heterocycles. The van der Waals surface area contributed by atoms with Gasteiger partial charge in [0.2, 0.25) is 0 Å². The van der Waals surface area contributed by atoms with E-state index in [9.17, 15) is 0 Å². The van der Waals surface area contributed by atoms with Crippen LogP contribution in [-0.4, -0.2) is 14.2 Å². The summed E-state index contributed by atoms with van der Waals surface area (Å²) in [4.78, 5) is 0. The van der Waals surface area contributed by atoms with Crippen molar-refractivity contribution in [2.24, 2.45) is 0 Å². The lowest BCUT2D eigenvalue weighted by atomic mass is 9.91. The molecule has 2 nitrogen and oxygen atoms in total. The first-order valence-electron chi connectivity index (χ1n) is 10.2. The summed E-state index contributed by atoms with van der Waals surface area (Å²) in [6, 6.07) is 28.1.